The third-order valence-electron chi connectivity index (χ3n) is 15.2. The van der Waals surface area contributed by atoms with Crippen molar-refractivity contribution in [2.45, 2.75) is 366 Å². The summed E-state index contributed by atoms with van der Waals surface area (Å²) < 4.78 is 5.50. The molecule has 0 aliphatic heterocycles. The van der Waals surface area contributed by atoms with Gasteiger partial charge in [0.25, 0.3) is 0 Å². The second kappa shape index (κ2) is 62.6. The van der Waals surface area contributed by atoms with Gasteiger partial charge in [0.15, 0.2) is 0 Å². The number of carbonyl (C=O) groups excluding carboxylic acids is 2. The average Bonchev–Trinajstić information content (AvgIpc) is 3.39. The van der Waals surface area contributed by atoms with Gasteiger partial charge in [0, 0.05) is 12.8 Å². The Hall–Kier alpha value is -1.92. The molecule has 0 radical (unpaired) electrons. The van der Waals surface area contributed by atoms with Crippen LogP contribution in [-0.2, 0) is 14.3 Å². The number of rotatable bonds is 61. The summed E-state index contributed by atoms with van der Waals surface area (Å²) in [5, 5.41) is 23.1. The van der Waals surface area contributed by atoms with Gasteiger partial charge in [-0.1, -0.05) is 314 Å². The largest absolute Gasteiger partial charge is 0.466 e. The highest BCUT2D eigenvalue weighted by Gasteiger charge is 2.18. The summed E-state index contributed by atoms with van der Waals surface area (Å²) in [6, 6.07) is -0.628. The number of carbonyl (C=O) groups is 2. The number of nitrogens with one attached hydrogen (secondary N) is 1. The van der Waals surface area contributed by atoms with Crippen molar-refractivity contribution in [3.05, 3.63) is 36.5 Å². The fourth-order valence-electron chi connectivity index (χ4n) is 10.1. The number of aliphatic hydroxyl groups excluding tert-OH is 2. The zero-order valence-corrected chi connectivity index (χ0v) is 49.1. The van der Waals surface area contributed by atoms with Crippen LogP contribution in [0, 0.1) is 0 Å². The maximum Gasteiger partial charge on any atom is 0.305 e. The van der Waals surface area contributed by atoms with E-state index in [0.29, 0.717) is 19.4 Å². The topological polar surface area (TPSA) is 95.9 Å². The molecule has 0 heterocycles. The van der Waals surface area contributed by atoms with E-state index in [1.807, 2.05) is 6.08 Å². The molecule has 0 spiro atoms. The second-order valence-electron chi connectivity index (χ2n) is 22.5. The van der Waals surface area contributed by atoms with Crippen molar-refractivity contribution in [3.8, 4) is 0 Å². The second-order valence-corrected chi connectivity index (χ2v) is 22.5. The van der Waals surface area contributed by atoms with Crippen molar-refractivity contribution in [1.82, 2.24) is 5.32 Å². The maximum atomic E-state index is 12.5. The average molecular weight is 1030 g/mol. The van der Waals surface area contributed by atoms with Crippen LogP contribution in [0.5, 0.6) is 0 Å². The standard InChI is InChI=1S/C67H127NO5/c1-3-5-7-9-11-13-15-17-19-20-25-29-33-37-41-45-49-53-57-61-67(72)73-62-58-54-50-46-42-38-34-30-27-24-22-21-23-26-28-32-36-40-44-48-52-56-60-66(71)68-64(63-69)65(70)59-55-51-47-43-39-35-31-18-16-14-12-10-8-6-4-2/h11,13,17,19,55,59,64-65,69-70H,3-10,12,14-16,18,20-54,56-58,60-63H2,1-2H3,(H,68,71)/b13-11-,19-17-,59-55+. The van der Waals surface area contributed by atoms with Gasteiger partial charge in [-0.25, -0.2) is 0 Å². The molecule has 0 bridgehead atoms. The molecule has 1 amide bonds. The van der Waals surface area contributed by atoms with Gasteiger partial charge in [-0.2, -0.15) is 0 Å². The minimum Gasteiger partial charge on any atom is -0.466 e. The van der Waals surface area contributed by atoms with E-state index in [9.17, 15) is 19.8 Å². The summed E-state index contributed by atoms with van der Waals surface area (Å²) in [6.45, 7) is 4.90. The van der Waals surface area contributed by atoms with Crippen LogP contribution in [-0.4, -0.2) is 47.4 Å². The predicted octanol–water partition coefficient (Wildman–Crippen LogP) is 20.8. The molecule has 2 atom stereocenters. The van der Waals surface area contributed by atoms with Gasteiger partial charge in [0.1, 0.15) is 0 Å². The fourth-order valence-corrected chi connectivity index (χ4v) is 10.1. The summed E-state index contributed by atoms with van der Waals surface area (Å²) >= 11 is 0. The number of hydrogen-bond donors (Lipinski definition) is 3. The minimum atomic E-state index is -0.845. The molecule has 3 N–H and O–H groups in total. The van der Waals surface area contributed by atoms with E-state index in [2.05, 4.69) is 43.5 Å². The normalized spacial score (nSPS) is 12.8. The predicted molar refractivity (Wildman–Crippen MR) is 319 cm³/mol. The smallest absolute Gasteiger partial charge is 0.305 e. The van der Waals surface area contributed by atoms with Gasteiger partial charge in [-0.05, 0) is 64.2 Å². The van der Waals surface area contributed by atoms with Crippen LogP contribution >= 0.6 is 0 Å². The molecule has 430 valence electrons. The summed E-state index contributed by atoms with van der Waals surface area (Å²) in [4.78, 5) is 24.6. The SMILES string of the molecule is CCCCC/C=C\C/C=C\CCCCCCCCCCCC(=O)OCCCCCCCCCCCCCCCCCCCCCCCCC(=O)NC(CO)C(O)/C=C/CCCCCCCCCCCCCCC. The van der Waals surface area contributed by atoms with E-state index in [-0.39, 0.29) is 18.5 Å². The number of amides is 1. The Morgan fingerprint density at radius 1 is 0.384 bits per heavy atom. The van der Waals surface area contributed by atoms with Crippen molar-refractivity contribution in [1.29, 1.82) is 0 Å². The number of ether oxygens (including phenoxy) is 1. The van der Waals surface area contributed by atoms with Crippen LogP contribution in [0.3, 0.4) is 0 Å². The number of esters is 1. The van der Waals surface area contributed by atoms with Crippen LogP contribution in [0.1, 0.15) is 354 Å². The molecule has 0 aliphatic rings. The Kier molecular flexibility index (Phi) is 61.0. The molecule has 0 aliphatic carbocycles. The van der Waals surface area contributed by atoms with Gasteiger partial charge in [-0.3, -0.25) is 9.59 Å². The van der Waals surface area contributed by atoms with E-state index >= 15 is 0 Å². The molecule has 73 heavy (non-hydrogen) atoms. The molecule has 6 nitrogen and oxygen atoms in total. The number of allylic oxidation sites excluding steroid dienone is 5. The zero-order chi connectivity index (χ0) is 52.9. The minimum absolute atomic E-state index is 0.00918. The summed E-state index contributed by atoms with van der Waals surface area (Å²) in [5.41, 5.74) is 0. The number of hydrogen-bond acceptors (Lipinski definition) is 5. The fraction of sp³-hybridized carbons (Fsp3) is 0.881. The first-order valence-corrected chi connectivity index (χ1v) is 32.8. The lowest BCUT2D eigenvalue weighted by molar-refractivity contribution is -0.143. The van der Waals surface area contributed by atoms with Gasteiger partial charge in [-0.15, -0.1) is 0 Å². The lowest BCUT2D eigenvalue weighted by atomic mass is 10.0. The zero-order valence-electron chi connectivity index (χ0n) is 49.1. The van der Waals surface area contributed by atoms with Gasteiger partial charge in [0.05, 0.1) is 25.4 Å². The Morgan fingerprint density at radius 3 is 1.07 bits per heavy atom. The van der Waals surface area contributed by atoms with E-state index in [0.717, 1.165) is 51.4 Å². The van der Waals surface area contributed by atoms with Crippen molar-refractivity contribution >= 4 is 11.9 Å². The third-order valence-corrected chi connectivity index (χ3v) is 15.2. The first-order valence-electron chi connectivity index (χ1n) is 32.8. The van der Waals surface area contributed by atoms with Crippen LogP contribution in [0.25, 0.3) is 0 Å². The Balaban J connectivity index is 3.38. The van der Waals surface area contributed by atoms with Crippen LogP contribution in [0.2, 0.25) is 0 Å². The van der Waals surface area contributed by atoms with Gasteiger partial charge >= 0.3 is 5.97 Å². The molecular weight excluding hydrogens is 899 g/mol. The molecule has 0 saturated heterocycles. The van der Waals surface area contributed by atoms with Crippen LogP contribution in [0.15, 0.2) is 36.5 Å². The lowest BCUT2D eigenvalue weighted by Gasteiger charge is -2.20. The first kappa shape index (κ1) is 71.1. The summed E-state index contributed by atoms with van der Waals surface area (Å²) in [5.74, 6) is -0.0574. The molecule has 0 saturated carbocycles. The Morgan fingerprint density at radius 2 is 0.685 bits per heavy atom. The highest BCUT2D eigenvalue weighted by Crippen LogP contribution is 2.18. The van der Waals surface area contributed by atoms with Crippen LogP contribution < -0.4 is 5.32 Å². The quantitative estimate of drug-likeness (QED) is 0.0320. The summed E-state index contributed by atoms with van der Waals surface area (Å²) in [6.07, 6.45) is 79.1. The Bertz CT molecular complexity index is 1180. The Labute approximate surface area is 455 Å². The highest BCUT2D eigenvalue weighted by molar-refractivity contribution is 5.76. The molecule has 0 fully saturated rings. The van der Waals surface area contributed by atoms with E-state index in [4.69, 9.17) is 4.74 Å². The molecule has 0 aromatic carbocycles. The molecule has 6 heteroatoms. The van der Waals surface area contributed by atoms with Crippen molar-refractivity contribution in [3.63, 3.8) is 0 Å². The van der Waals surface area contributed by atoms with Crippen molar-refractivity contribution < 1.29 is 24.5 Å². The molecular formula is C67H127NO5. The number of unbranched alkanes of at least 4 members (excludes halogenated alkanes) is 46. The molecule has 2 unspecified atom stereocenters. The third kappa shape index (κ3) is 59.2. The van der Waals surface area contributed by atoms with E-state index < -0.39 is 12.1 Å². The highest BCUT2D eigenvalue weighted by atomic mass is 16.5. The molecule has 0 rings (SSSR count). The molecule has 0 aromatic rings. The lowest BCUT2D eigenvalue weighted by Crippen LogP contribution is -2.45. The first-order chi connectivity index (χ1) is 36.0. The van der Waals surface area contributed by atoms with E-state index in [1.54, 1.807) is 6.08 Å². The van der Waals surface area contributed by atoms with Crippen molar-refractivity contribution in [2.24, 2.45) is 0 Å². The van der Waals surface area contributed by atoms with Gasteiger partial charge < -0.3 is 20.3 Å². The summed E-state index contributed by atoms with van der Waals surface area (Å²) in [7, 11) is 0. The van der Waals surface area contributed by atoms with Crippen LogP contribution in [0.4, 0.5) is 0 Å². The maximum absolute atomic E-state index is 12.5. The monoisotopic (exact) mass is 1030 g/mol. The van der Waals surface area contributed by atoms with Crippen molar-refractivity contribution in [2.75, 3.05) is 13.2 Å². The molecule has 0 aromatic heterocycles. The van der Waals surface area contributed by atoms with Gasteiger partial charge in [0.2, 0.25) is 5.91 Å². The number of aliphatic hydroxyl groups is 2. The van der Waals surface area contributed by atoms with E-state index in [1.165, 1.54) is 276 Å².